The zero-order chi connectivity index (χ0) is 18.1. The summed E-state index contributed by atoms with van der Waals surface area (Å²) in [4.78, 5) is 16.7. The Morgan fingerprint density at radius 1 is 1.27 bits per heavy atom. The minimum Gasteiger partial charge on any atom is -0.494 e. The van der Waals surface area contributed by atoms with Gasteiger partial charge in [0.2, 0.25) is 0 Å². The first-order valence-corrected chi connectivity index (χ1v) is 9.93. The van der Waals surface area contributed by atoms with Gasteiger partial charge in [0.1, 0.15) is 11.9 Å². The third-order valence-electron chi connectivity index (χ3n) is 5.61. The second-order valence-corrected chi connectivity index (χ2v) is 7.67. The van der Waals surface area contributed by atoms with Crippen LogP contribution in [0.15, 0.2) is 24.5 Å². The van der Waals surface area contributed by atoms with E-state index >= 15 is 0 Å². The number of ether oxygens (including phenoxy) is 1. The third-order valence-corrected chi connectivity index (χ3v) is 5.61. The van der Waals surface area contributed by atoms with Gasteiger partial charge in [0.25, 0.3) is 0 Å². The molecule has 0 bridgehead atoms. The largest absolute Gasteiger partial charge is 0.494 e. The van der Waals surface area contributed by atoms with Gasteiger partial charge in [-0.3, -0.25) is 4.90 Å². The lowest BCUT2D eigenvalue weighted by Gasteiger charge is -2.30. The highest BCUT2D eigenvalue weighted by Gasteiger charge is 2.32. The second-order valence-electron chi connectivity index (χ2n) is 7.67. The molecule has 140 valence electrons. The van der Waals surface area contributed by atoms with Crippen LogP contribution in [0.5, 0.6) is 5.75 Å². The highest BCUT2D eigenvalue weighted by molar-refractivity contribution is 5.77. The van der Waals surface area contributed by atoms with Crippen LogP contribution < -0.4 is 10.1 Å². The molecule has 1 unspecified atom stereocenters. The van der Waals surface area contributed by atoms with E-state index < -0.39 is 0 Å². The smallest absolute Gasteiger partial charge is 0.326 e. The van der Waals surface area contributed by atoms with Crippen LogP contribution in [0, 0.1) is 12.8 Å². The monoisotopic (exact) mass is 355 g/mol. The molecular weight excluding hydrogens is 326 g/mol. The van der Waals surface area contributed by atoms with Crippen LogP contribution >= 0.6 is 0 Å². The van der Waals surface area contributed by atoms with E-state index in [0.29, 0.717) is 6.61 Å². The first-order valence-electron chi connectivity index (χ1n) is 9.93. The van der Waals surface area contributed by atoms with Gasteiger partial charge < -0.3 is 15.0 Å². The molecule has 2 amide bonds. The van der Waals surface area contributed by atoms with Crippen molar-refractivity contribution in [1.82, 2.24) is 15.1 Å². The first kappa shape index (κ1) is 17.3. The molecular formula is C21H29N3O2. The van der Waals surface area contributed by atoms with Crippen LogP contribution in [0.3, 0.4) is 0 Å². The molecule has 3 aliphatic rings. The summed E-state index contributed by atoms with van der Waals surface area (Å²) in [6, 6.07) is 4.50. The number of carbonyl (C=O) groups is 1. The zero-order valence-electron chi connectivity index (χ0n) is 15.8. The van der Waals surface area contributed by atoms with Crippen LogP contribution in [-0.4, -0.2) is 35.5 Å². The highest BCUT2D eigenvalue weighted by atomic mass is 16.5. The minimum absolute atomic E-state index is 0.0909. The number of hydrogen-bond acceptors (Lipinski definition) is 3. The van der Waals surface area contributed by atoms with Crippen LogP contribution in [0.25, 0.3) is 0 Å². The predicted molar refractivity (Wildman–Crippen MR) is 102 cm³/mol. The number of aryl methyl sites for hydroxylation is 1. The molecule has 0 aromatic heterocycles. The highest BCUT2D eigenvalue weighted by Crippen LogP contribution is 2.38. The van der Waals surface area contributed by atoms with E-state index in [9.17, 15) is 4.79 Å². The van der Waals surface area contributed by atoms with E-state index in [1.807, 2.05) is 29.1 Å². The van der Waals surface area contributed by atoms with E-state index in [1.54, 1.807) is 0 Å². The average Bonchev–Trinajstić information content (AvgIpc) is 3.12. The van der Waals surface area contributed by atoms with Gasteiger partial charge in [-0.05, 0) is 69.1 Å². The maximum Gasteiger partial charge on any atom is 0.326 e. The number of carbonyl (C=O) groups excluding carboxylic acids is 1. The number of likely N-dealkylation sites (tertiary alicyclic amines) is 1. The van der Waals surface area contributed by atoms with Gasteiger partial charge in [-0.15, -0.1) is 0 Å². The summed E-state index contributed by atoms with van der Waals surface area (Å²) in [5.41, 5.74) is 3.63. The van der Waals surface area contributed by atoms with Crippen LogP contribution in [0.4, 0.5) is 4.79 Å². The van der Waals surface area contributed by atoms with Gasteiger partial charge in [0.15, 0.2) is 0 Å². The molecule has 5 heteroatoms. The maximum atomic E-state index is 12.9. The quantitative estimate of drug-likeness (QED) is 0.870. The SMILES string of the molecule is CCOc1cc(C2NC=CN2C(=O)N2CCCC2)c(C)cc1CC1CC1. The van der Waals surface area contributed by atoms with E-state index in [4.69, 9.17) is 4.74 Å². The van der Waals surface area contributed by atoms with Crippen LogP contribution in [0.2, 0.25) is 0 Å². The van der Waals surface area contributed by atoms with Gasteiger partial charge in [0.05, 0.1) is 6.61 Å². The molecule has 2 heterocycles. The lowest BCUT2D eigenvalue weighted by molar-refractivity contribution is 0.166. The van der Waals surface area contributed by atoms with Crippen molar-refractivity contribution < 1.29 is 9.53 Å². The topological polar surface area (TPSA) is 44.8 Å². The van der Waals surface area contributed by atoms with Crippen molar-refractivity contribution in [2.45, 2.75) is 52.1 Å². The van der Waals surface area contributed by atoms with Gasteiger partial charge >= 0.3 is 6.03 Å². The zero-order valence-corrected chi connectivity index (χ0v) is 15.8. The van der Waals surface area contributed by atoms with E-state index in [1.165, 1.54) is 24.0 Å². The van der Waals surface area contributed by atoms with Crippen molar-refractivity contribution in [1.29, 1.82) is 0 Å². The number of hydrogen-bond donors (Lipinski definition) is 1. The van der Waals surface area contributed by atoms with Gasteiger partial charge in [-0.25, -0.2) is 4.79 Å². The molecule has 1 N–H and O–H groups in total. The summed E-state index contributed by atoms with van der Waals surface area (Å²) < 4.78 is 5.95. The lowest BCUT2D eigenvalue weighted by Crippen LogP contribution is -2.41. The van der Waals surface area contributed by atoms with Crippen molar-refractivity contribution in [2.24, 2.45) is 5.92 Å². The molecule has 1 saturated heterocycles. The summed E-state index contributed by atoms with van der Waals surface area (Å²) >= 11 is 0. The summed E-state index contributed by atoms with van der Waals surface area (Å²) in [6.07, 6.45) is 9.55. The molecule has 0 spiro atoms. The Kier molecular flexibility index (Phi) is 4.79. The fraction of sp³-hybridized carbons (Fsp3) is 0.571. The molecule has 1 aromatic rings. The molecule has 1 atom stereocenters. The summed E-state index contributed by atoms with van der Waals surface area (Å²) in [6.45, 7) is 6.55. The molecule has 0 radical (unpaired) electrons. The molecule has 2 aliphatic heterocycles. The van der Waals surface area contributed by atoms with Crippen molar-refractivity contribution >= 4 is 6.03 Å². The Hall–Kier alpha value is -2.17. The lowest BCUT2D eigenvalue weighted by atomic mass is 9.98. The molecule has 26 heavy (non-hydrogen) atoms. The Bertz CT molecular complexity index is 705. The molecule has 2 fully saturated rings. The van der Waals surface area contributed by atoms with Crippen molar-refractivity contribution in [3.63, 3.8) is 0 Å². The Balaban J connectivity index is 1.60. The molecule has 1 aromatic carbocycles. The predicted octanol–water partition coefficient (Wildman–Crippen LogP) is 3.94. The van der Waals surface area contributed by atoms with Crippen molar-refractivity contribution in [3.8, 4) is 5.75 Å². The van der Waals surface area contributed by atoms with Gasteiger partial charge in [0, 0.05) is 31.1 Å². The van der Waals surface area contributed by atoms with Gasteiger partial charge in [-0.2, -0.15) is 0 Å². The first-order chi connectivity index (χ1) is 12.7. The number of nitrogens with zero attached hydrogens (tertiary/aromatic N) is 2. The Morgan fingerprint density at radius 3 is 2.73 bits per heavy atom. The number of amides is 2. The standard InChI is InChI=1S/C21H29N3O2/c1-3-26-19-14-18(15(2)12-17(19)13-16-6-7-16)20-22-8-11-24(20)21(25)23-9-4-5-10-23/h8,11-12,14,16,20,22H,3-7,9-10,13H2,1-2H3. The van der Waals surface area contributed by atoms with Crippen LogP contribution in [0.1, 0.15) is 55.5 Å². The average molecular weight is 355 g/mol. The Morgan fingerprint density at radius 2 is 2.04 bits per heavy atom. The van der Waals surface area contributed by atoms with E-state index in [0.717, 1.165) is 49.6 Å². The number of rotatable bonds is 5. The number of urea groups is 1. The fourth-order valence-corrected chi connectivity index (χ4v) is 4.01. The summed E-state index contributed by atoms with van der Waals surface area (Å²) in [7, 11) is 0. The fourth-order valence-electron chi connectivity index (χ4n) is 4.01. The van der Waals surface area contributed by atoms with E-state index in [2.05, 4.69) is 24.4 Å². The molecule has 1 aliphatic carbocycles. The maximum absolute atomic E-state index is 12.9. The summed E-state index contributed by atoms with van der Waals surface area (Å²) in [5.74, 6) is 1.79. The minimum atomic E-state index is -0.155. The summed E-state index contributed by atoms with van der Waals surface area (Å²) in [5, 5.41) is 3.35. The Labute approximate surface area is 156 Å². The van der Waals surface area contributed by atoms with E-state index in [-0.39, 0.29) is 12.2 Å². The third kappa shape index (κ3) is 3.39. The van der Waals surface area contributed by atoms with Gasteiger partial charge in [-0.1, -0.05) is 6.07 Å². The van der Waals surface area contributed by atoms with Crippen molar-refractivity contribution in [2.75, 3.05) is 19.7 Å². The molecule has 5 nitrogen and oxygen atoms in total. The molecule has 4 rings (SSSR count). The number of nitrogens with one attached hydrogen (secondary N) is 1. The van der Waals surface area contributed by atoms with Crippen LogP contribution in [-0.2, 0) is 6.42 Å². The normalized spacial score (nSPS) is 22.0. The second kappa shape index (κ2) is 7.22. The number of benzene rings is 1. The van der Waals surface area contributed by atoms with Crippen molar-refractivity contribution in [3.05, 3.63) is 41.2 Å². The molecule has 1 saturated carbocycles.